The van der Waals surface area contributed by atoms with Crippen molar-refractivity contribution in [3.63, 3.8) is 0 Å². The molecule has 0 radical (unpaired) electrons. The van der Waals surface area contributed by atoms with E-state index in [9.17, 15) is 14.9 Å². The van der Waals surface area contributed by atoms with Crippen LogP contribution in [0.2, 0.25) is 0 Å². The van der Waals surface area contributed by atoms with Gasteiger partial charge in [-0.05, 0) is 42.0 Å². The molecule has 0 saturated carbocycles. The first-order valence-electron chi connectivity index (χ1n) is 6.31. The molecule has 2 aromatic rings. The summed E-state index contributed by atoms with van der Waals surface area (Å²) in [6, 6.07) is 11.1. The molecule has 0 bridgehead atoms. The Labute approximate surface area is 135 Å². The molecule has 0 aliphatic rings. The van der Waals surface area contributed by atoms with Crippen molar-refractivity contribution in [3.8, 4) is 5.75 Å². The number of carbonyl (C=O) groups excluding carboxylic acids is 1. The summed E-state index contributed by atoms with van der Waals surface area (Å²) in [5, 5.41) is 10.6. The van der Waals surface area contributed by atoms with E-state index in [-0.39, 0.29) is 11.5 Å². The molecular formula is C16H12BrNO4. The average Bonchev–Trinajstić information content (AvgIpc) is 2.53. The number of rotatable bonds is 5. The van der Waals surface area contributed by atoms with Crippen LogP contribution in [0.5, 0.6) is 5.75 Å². The predicted octanol–water partition coefficient (Wildman–Crippen LogP) is 4.26. The van der Waals surface area contributed by atoms with Crippen molar-refractivity contribution in [2.75, 3.05) is 7.11 Å². The summed E-state index contributed by atoms with van der Waals surface area (Å²) < 4.78 is 5.94. The number of nitrogens with zero attached hydrogens (tertiary/aromatic N) is 1. The molecule has 0 N–H and O–H groups in total. The monoisotopic (exact) mass is 361 g/mol. The molecule has 0 saturated heterocycles. The first kappa shape index (κ1) is 15.9. The lowest BCUT2D eigenvalue weighted by Gasteiger charge is -2.05. The molecule has 0 unspecified atom stereocenters. The van der Waals surface area contributed by atoms with Gasteiger partial charge >= 0.3 is 0 Å². The Hall–Kier alpha value is -2.47. The van der Waals surface area contributed by atoms with E-state index in [1.165, 1.54) is 25.3 Å². The molecule has 2 aromatic carbocycles. The molecule has 0 atom stereocenters. The molecule has 112 valence electrons. The Morgan fingerprint density at radius 3 is 2.50 bits per heavy atom. The van der Waals surface area contributed by atoms with E-state index in [4.69, 9.17) is 4.74 Å². The SMILES string of the molecule is COc1ccc(Br)cc1C(=O)C=Cc1ccc([N+](=O)[O-])cc1. The molecule has 0 fully saturated rings. The van der Waals surface area contributed by atoms with Crippen LogP contribution in [0.3, 0.4) is 0 Å². The van der Waals surface area contributed by atoms with Gasteiger partial charge in [0.1, 0.15) is 5.75 Å². The van der Waals surface area contributed by atoms with Crippen LogP contribution in [0.15, 0.2) is 53.0 Å². The third kappa shape index (κ3) is 3.79. The molecule has 0 amide bonds. The van der Waals surface area contributed by atoms with Crippen molar-refractivity contribution in [3.05, 3.63) is 74.3 Å². The second kappa shape index (κ2) is 7.00. The number of ketones is 1. The molecule has 0 spiro atoms. The second-order valence-electron chi connectivity index (χ2n) is 4.39. The zero-order valence-corrected chi connectivity index (χ0v) is 13.2. The van der Waals surface area contributed by atoms with Gasteiger partial charge in [0, 0.05) is 16.6 Å². The summed E-state index contributed by atoms with van der Waals surface area (Å²) in [7, 11) is 1.50. The molecule has 6 heteroatoms. The van der Waals surface area contributed by atoms with Crippen LogP contribution < -0.4 is 4.74 Å². The third-order valence-electron chi connectivity index (χ3n) is 2.96. The van der Waals surface area contributed by atoms with Gasteiger partial charge in [0.05, 0.1) is 17.6 Å². The fraction of sp³-hybridized carbons (Fsp3) is 0.0625. The largest absolute Gasteiger partial charge is 0.496 e. The standard InChI is InChI=1S/C16H12BrNO4/c1-22-16-9-5-12(17)10-14(16)15(19)8-4-11-2-6-13(7-3-11)18(20)21/h2-10H,1H3. The van der Waals surface area contributed by atoms with E-state index in [0.717, 1.165) is 4.47 Å². The van der Waals surface area contributed by atoms with Gasteiger partial charge in [-0.2, -0.15) is 0 Å². The van der Waals surface area contributed by atoms with Gasteiger partial charge in [-0.1, -0.05) is 22.0 Å². The normalized spacial score (nSPS) is 10.6. The number of hydrogen-bond acceptors (Lipinski definition) is 4. The van der Waals surface area contributed by atoms with Gasteiger partial charge in [-0.3, -0.25) is 14.9 Å². The summed E-state index contributed by atoms with van der Waals surface area (Å²) in [5.74, 6) is 0.276. The van der Waals surface area contributed by atoms with Crippen molar-refractivity contribution < 1.29 is 14.5 Å². The fourth-order valence-corrected chi connectivity index (χ4v) is 2.20. The zero-order valence-electron chi connectivity index (χ0n) is 11.7. The fourth-order valence-electron chi connectivity index (χ4n) is 1.84. The molecule has 2 rings (SSSR count). The Bertz CT molecular complexity index is 738. The van der Waals surface area contributed by atoms with Crippen molar-refractivity contribution in [1.29, 1.82) is 0 Å². The maximum atomic E-state index is 12.2. The lowest BCUT2D eigenvalue weighted by molar-refractivity contribution is -0.384. The highest BCUT2D eigenvalue weighted by atomic mass is 79.9. The summed E-state index contributed by atoms with van der Waals surface area (Å²) in [4.78, 5) is 22.3. The molecular weight excluding hydrogens is 350 g/mol. The molecule has 22 heavy (non-hydrogen) atoms. The van der Waals surface area contributed by atoms with Crippen molar-refractivity contribution in [2.24, 2.45) is 0 Å². The van der Waals surface area contributed by atoms with E-state index in [0.29, 0.717) is 16.9 Å². The topological polar surface area (TPSA) is 69.4 Å². The summed E-state index contributed by atoms with van der Waals surface area (Å²) in [5.41, 5.74) is 1.15. The second-order valence-corrected chi connectivity index (χ2v) is 5.31. The van der Waals surface area contributed by atoms with Crippen LogP contribution in [0.1, 0.15) is 15.9 Å². The van der Waals surface area contributed by atoms with Crippen LogP contribution in [0.4, 0.5) is 5.69 Å². The number of non-ortho nitro benzene ring substituents is 1. The van der Waals surface area contributed by atoms with Crippen LogP contribution >= 0.6 is 15.9 Å². The minimum absolute atomic E-state index is 0.0112. The average molecular weight is 362 g/mol. The smallest absolute Gasteiger partial charge is 0.269 e. The number of nitro groups is 1. The van der Waals surface area contributed by atoms with Crippen molar-refractivity contribution in [2.45, 2.75) is 0 Å². The Morgan fingerprint density at radius 1 is 1.23 bits per heavy atom. The predicted molar refractivity (Wildman–Crippen MR) is 87.2 cm³/mol. The number of ether oxygens (including phenoxy) is 1. The van der Waals surface area contributed by atoms with Gasteiger partial charge in [0.15, 0.2) is 5.78 Å². The number of allylic oxidation sites excluding steroid dienone is 1. The quantitative estimate of drug-likeness (QED) is 0.345. The van der Waals surface area contributed by atoms with Crippen molar-refractivity contribution >= 4 is 33.5 Å². The highest BCUT2D eigenvalue weighted by Crippen LogP contribution is 2.24. The van der Waals surface area contributed by atoms with Crippen LogP contribution in [-0.4, -0.2) is 17.8 Å². The van der Waals surface area contributed by atoms with Gasteiger partial charge in [0.25, 0.3) is 5.69 Å². The summed E-state index contributed by atoms with van der Waals surface area (Å²) in [6.07, 6.45) is 3.01. The number of halogens is 1. The highest BCUT2D eigenvalue weighted by Gasteiger charge is 2.10. The number of benzene rings is 2. The molecule has 0 heterocycles. The van der Waals surface area contributed by atoms with E-state index in [1.54, 1.807) is 36.4 Å². The van der Waals surface area contributed by atoms with Gasteiger partial charge < -0.3 is 4.74 Å². The first-order chi connectivity index (χ1) is 10.5. The lowest BCUT2D eigenvalue weighted by Crippen LogP contribution is -1.98. The van der Waals surface area contributed by atoms with Crippen molar-refractivity contribution in [1.82, 2.24) is 0 Å². The van der Waals surface area contributed by atoms with E-state index < -0.39 is 4.92 Å². The summed E-state index contributed by atoms with van der Waals surface area (Å²) in [6.45, 7) is 0. The summed E-state index contributed by atoms with van der Waals surface area (Å²) >= 11 is 3.32. The molecule has 0 aromatic heterocycles. The molecule has 5 nitrogen and oxygen atoms in total. The zero-order chi connectivity index (χ0) is 16.1. The molecule has 0 aliphatic carbocycles. The third-order valence-corrected chi connectivity index (χ3v) is 3.45. The minimum Gasteiger partial charge on any atom is -0.496 e. The number of nitro benzene ring substituents is 1. The maximum absolute atomic E-state index is 12.2. The first-order valence-corrected chi connectivity index (χ1v) is 7.11. The Morgan fingerprint density at radius 2 is 1.91 bits per heavy atom. The molecule has 0 aliphatic heterocycles. The Balaban J connectivity index is 2.21. The van der Waals surface area contributed by atoms with Gasteiger partial charge in [-0.15, -0.1) is 0 Å². The van der Waals surface area contributed by atoms with Crippen LogP contribution in [0.25, 0.3) is 6.08 Å². The number of methoxy groups -OCH3 is 1. The van der Waals surface area contributed by atoms with Crippen LogP contribution in [-0.2, 0) is 0 Å². The minimum atomic E-state index is -0.467. The van der Waals surface area contributed by atoms with Gasteiger partial charge in [0.2, 0.25) is 0 Å². The van der Waals surface area contributed by atoms with E-state index >= 15 is 0 Å². The highest BCUT2D eigenvalue weighted by molar-refractivity contribution is 9.10. The Kier molecular flexibility index (Phi) is 5.06. The van der Waals surface area contributed by atoms with Gasteiger partial charge in [-0.25, -0.2) is 0 Å². The van der Waals surface area contributed by atoms with E-state index in [1.807, 2.05) is 0 Å². The lowest BCUT2D eigenvalue weighted by atomic mass is 10.1. The van der Waals surface area contributed by atoms with E-state index in [2.05, 4.69) is 15.9 Å². The number of carbonyl (C=O) groups is 1. The number of hydrogen-bond donors (Lipinski definition) is 0. The maximum Gasteiger partial charge on any atom is 0.269 e. The van der Waals surface area contributed by atoms with Crippen LogP contribution in [0, 0.1) is 10.1 Å².